The van der Waals surface area contributed by atoms with Crippen LogP contribution >= 0.6 is 11.8 Å². The van der Waals surface area contributed by atoms with Crippen LogP contribution in [-0.4, -0.2) is 21.5 Å². The molecule has 0 spiro atoms. The van der Waals surface area contributed by atoms with Gasteiger partial charge in [-0.15, -0.1) is 0 Å². The third-order valence-corrected chi connectivity index (χ3v) is 5.77. The quantitative estimate of drug-likeness (QED) is 0.729. The normalized spacial score (nSPS) is 15.3. The fraction of sp³-hybridized carbons (Fsp3) is 0.500. The fourth-order valence-electron chi connectivity index (χ4n) is 2.81. The number of hydrogen-bond acceptors (Lipinski definition) is 3. The minimum Gasteiger partial charge on any atom is -0.352 e. The summed E-state index contributed by atoms with van der Waals surface area (Å²) in [5, 5.41) is 3.48. The molecule has 1 saturated carbocycles. The number of nitrogens with zero attached hydrogens (tertiary/aromatic N) is 2. The molecule has 0 unspecified atom stereocenters. The van der Waals surface area contributed by atoms with E-state index in [0.29, 0.717) is 5.92 Å². The fourth-order valence-corrected chi connectivity index (χ4v) is 4.02. The van der Waals surface area contributed by atoms with Crippen molar-refractivity contribution in [2.75, 3.05) is 0 Å². The van der Waals surface area contributed by atoms with Gasteiger partial charge in [-0.1, -0.05) is 37.7 Å². The Morgan fingerprint density at radius 1 is 1.31 bits per heavy atom. The van der Waals surface area contributed by atoms with E-state index in [1.807, 2.05) is 6.92 Å². The lowest BCUT2D eigenvalue weighted by atomic mass is 10.1. The van der Waals surface area contributed by atoms with Crippen molar-refractivity contribution in [3.63, 3.8) is 0 Å². The highest BCUT2D eigenvalue weighted by atomic mass is 32.2. The molecule has 1 aliphatic carbocycles. The lowest BCUT2D eigenvalue weighted by molar-refractivity contribution is -0.120. The van der Waals surface area contributed by atoms with Gasteiger partial charge in [-0.25, -0.2) is 9.37 Å². The number of halogens is 1. The number of hydrogen-bond donors (Lipinski definition) is 1. The molecule has 1 aliphatic rings. The molecule has 1 atom stereocenters. The monoisotopic (exact) mass is 375 g/mol. The van der Waals surface area contributed by atoms with E-state index in [0.717, 1.165) is 41.5 Å². The van der Waals surface area contributed by atoms with Crippen LogP contribution in [-0.2, 0) is 11.3 Å². The van der Waals surface area contributed by atoms with Crippen LogP contribution in [0.4, 0.5) is 4.39 Å². The molecule has 3 rings (SSSR count). The first-order valence-electron chi connectivity index (χ1n) is 9.11. The van der Waals surface area contributed by atoms with E-state index < -0.39 is 5.25 Å². The van der Waals surface area contributed by atoms with Gasteiger partial charge in [0.25, 0.3) is 0 Å². The van der Waals surface area contributed by atoms with Crippen molar-refractivity contribution in [3.05, 3.63) is 47.0 Å². The lowest BCUT2D eigenvalue weighted by Gasteiger charge is -2.18. The predicted octanol–water partition coefficient (Wildman–Crippen LogP) is 4.41. The molecule has 4 nitrogen and oxygen atoms in total. The summed E-state index contributed by atoms with van der Waals surface area (Å²) in [4.78, 5) is 17.5. The molecule has 0 saturated heterocycles. The van der Waals surface area contributed by atoms with E-state index in [9.17, 15) is 9.18 Å². The third kappa shape index (κ3) is 4.47. The Balaban J connectivity index is 1.91. The second-order valence-corrected chi connectivity index (χ2v) is 8.47. The first-order chi connectivity index (χ1) is 12.3. The van der Waals surface area contributed by atoms with Gasteiger partial charge in [0.15, 0.2) is 5.16 Å². The van der Waals surface area contributed by atoms with Crippen molar-refractivity contribution in [1.82, 2.24) is 14.9 Å². The average molecular weight is 376 g/mol. The van der Waals surface area contributed by atoms with E-state index in [4.69, 9.17) is 4.98 Å². The Labute approximate surface area is 158 Å². The van der Waals surface area contributed by atoms with E-state index in [1.165, 1.54) is 23.9 Å². The summed E-state index contributed by atoms with van der Waals surface area (Å²) in [6, 6.07) is 6.48. The third-order valence-electron chi connectivity index (χ3n) is 4.53. The van der Waals surface area contributed by atoms with Crippen molar-refractivity contribution < 1.29 is 9.18 Å². The molecule has 1 aromatic carbocycles. The molecule has 26 heavy (non-hydrogen) atoms. The molecule has 1 aromatic heterocycles. The summed E-state index contributed by atoms with van der Waals surface area (Å²) in [6.07, 6.45) is 2.07. The maximum absolute atomic E-state index is 13.3. The van der Waals surface area contributed by atoms with Gasteiger partial charge in [-0.05, 0) is 50.3 Å². The zero-order valence-electron chi connectivity index (χ0n) is 15.8. The topological polar surface area (TPSA) is 46.9 Å². The Bertz CT molecular complexity index is 781. The zero-order valence-corrected chi connectivity index (χ0v) is 16.6. The molecule has 0 bridgehead atoms. The minimum absolute atomic E-state index is 0.0292. The highest BCUT2D eigenvalue weighted by Crippen LogP contribution is 2.37. The summed E-state index contributed by atoms with van der Waals surface area (Å²) in [5.74, 6) is 0.151. The smallest absolute Gasteiger partial charge is 0.238 e. The van der Waals surface area contributed by atoms with Crippen LogP contribution in [0, 0.1) is 25.6 Å². The Kier molecular flexibility index (Phi) is 5.70. The van der Waals surface area contributed by atoms with Crippen molar-refractivity contribution >= 4 is 17.7 Å². The minimum atomic E-state index is -0.441. The number of aryl methyl sites for hydroxylation is 1. The van der Waals surface area contributed by atoms with Gasteiger partial charge in [0.2, 0.25) is 5.91 Å². The van der Waals surface area contributed by atoms with Gasteiger partial charge in [-0.2, -0.15) is 0 Å². The lowest BCUT2D eigenvalue weighted by Crippen LogP contribution is -2.30. The molecule has 140 valence electrons. The molecule has 6 heteroatoms. The highest BCUT2D eigenvalue weighted by molar-refractivity contribution is 8.00. The molecule has 1 N–H and O–H groups in total. The van der Waals surface area contributed by atoms with Crippen molar-refractivity contribution in [3.8, 4) is 0 Å². The van der Waals surface area contributed by atoms with Crippen molar-refractivity contribution in [2.45, 2.75) is 63.5 Å². The Morgan fingerprint density at radius 3 is 2.54 bits per heavy atom. The average Bonchev–Trinajstić information content (AvgIpc) is 3.36. The van der Waals surface area contributed by atoms with E-state index in [1.54, 1.807) is 12.1 Å². The number of amides is 1. The summed E-state index contributed by atoms with van der Waals surface area (Å²) < 4.78 is 15.5. The van der Waals surface area contributed by atoms with Crippen LogP contribution in [0.3, 0.4) is 0 Å². The number of imidazole rings is 1. The second kappa shape index (κ2) is 7.82. The van der Waals surface area contributed by atoms with Gasteiger partial charge in [-0.3, -0.25) is 4.79 Å². The molecular formula is C20H26FN3OS. The molecular weight excluding hydrogens is 349 g/mol. The first kappa shape index (κ1) is 19.0. The number of nitrogens with one attached hydrogen (secondary N) is 1. The van der Waals surface area contributed by atoms with Crippen molar-refractivity contribution in [1.29, 1.82) is 0 Å². The number of benzene rings is 1. The maximum atomic E-state index is 13.3. The number of aromatic nitrogens is 2. The number of thioether (sulfide) groups is 1. The van der Waals surface area contributed by atoms with E-state index in [2.05, 4.69) is 30.7 Å². The number of carbonyl (C=O) groups excluding carboxylic acids is 1. The molecule has 1 amide bonds. The molecule has 2 aromatic rings. The SMILES string of the molecule is Cc1nc(S[C@@H](C(=O)NC2CC2)c2ccc(F)cc2)n(CC(C)C)c1C. The summed E-state index contributed by atoms with van der Waals surface area (Å²) in [6.45, 7) is 9.25. The second-order valence-electron chi connectivity index (χ2n) is 7.40. The summed E-state index contributed by atoms with van der Waals surface area (Å²) in [7, 11) is 0. The van der Waals surface area contributed by atoms with Crippen LogP contribution in [0.15, 0.2) is 29.4 Å². The Hall–Kier alpha value is -1.82. The van der Waals surface area contributed by atoms with E-state index >= 15 is 0 Å². The van der Waals surface area contributed by atoms with Crippen LogP contribution < -0.4 is 5.32 Å². The van der Waals surface area contributed by atoms with Crippen molar-refractivity contribution in [2.24, 2.45) is 5.92 Å². The van der Waals surface area contributed by atoms with Crippen LogP contribution in [0.5, 0.6) is 0 Å². The first-order valence-corrected chi connectivity index (χ1v) is 9.99. The number of carbonyl (C=O) groups is 1. The van der Waals surface area contributed by atoms with Gasteiger partial charge >= 0.3 is 0 Å². The standard InChI is InChI=1S/C20H26FN3OS/c1-12(2)11-24-14(4)13(3)22-20(24)26-18(19(25)23-17-9-10-17)15-5-7-16(21)8-6-15/h5-8,12,17-18H,9-11H2,1-4H3,(H,23,25)/t18-/m1/s1. The van der Waals surface area contributed by atoms with Crippen LogP contribution in [0.2, 0.25) is 0 Å². The molecule has 1 fully saturated rings. The largest absolute Gasteiger partial charge is 0.352 e. The number of rotatable bonds is 7. The highest BCUT2D eigenvalue weighted by Gasteiger charge is 2.30. The van der Waals surface area contributed by atoms with E-state index in [-0.39, 0.29) is 17.8 Å². The summed E-state index contributed by atoms with van der Waals surface area (Å²) >= 11 is 1.45. The molecule has 0 aliphatic heterocycles. The summed E-state index contributed by atoms with van der Waals surface area (Å²) in [5.41, 5.74) is 2.90. The van der Waals surface area contributed by atoms with Crippen LogP contribution in [0.25, 0.3) is 0 Å². The molecule has 1 heterocycles. The van der Waals surface area contributed by atoms with Crippen LogP contribution in [0.1, 0.15) is 48.9 Å². The van der Waals surface area contributed by atoms with Gasteiger partial charge in [0.1, 0.15) is 11.1 Å². The molecule has 0 radical (unpaired) electrons. The van der Waals surface area contributed by atoms with Gasteiger partial charge in [0.05, 0.1) is 5.69 Å². The van der Waals surface area contributed by atoms with Gasteiger partial charge in [0, 0.05) is 18.3 Å². The maximum Gasteiger partial charge on any atom is 0.238 e. The zero-order chi connectivity index (χ0) is 18.8. The van der Waals surface area contributed by atoms with Gasteiger partial charge < -0.3 is 9.88 Å². The predicted molar refractivity (Wildman–Crippen MR) is 103 cm³/mol. The Morgan fingerprint density at radius 2 is 1.96 bits per heavy atom.